The second-order valence-electron chi connectivity index (χ2n) is 49.6. The summed E-state index contributed by atoms with van der Waals surface area (Å²) in [6, 6.07) is 88.1. The summed E-state index contributed by atoms with van der Waals surface area (Å²) < 4.78 is 0. The van der Waals surface area contributed by atoms with Crippen molar-refractivity contribution in [1.29, 1.82) is 0 Å². The summed E-state index contributed by atoms with van der Waals surface area (Å²) in [4.78, 5) is 11.5. The van der Waals surface area contributed by atoms with Crippen LogP contribution in [-0.4, -0.2) is 0 Å². The largest absolute Gasteiger partial charge is 0.309 e. The molecule has 0 radical (unpaired) electrons. The molecule has 16 saturated carbocycles. The molecule has 0 N–H and O–H groups in total. The fourth-order valence-corrected chi connectivity index (χ4v) is 34.0. The second-order valence-corrected chi connectivity index (χ2v) is 49.6. The molecule has 16 bridgehead atoms. The molecule has 16 aliphatic carbocycles. The Balaban J connectivity index is 0.854. The van der Waals surface area contributed by atoms with Gasteiger partial charge in [-0.1, -0.05) is 256 Å². The minimum atomic E-state index is 0.224. The normalized spacial score (nSPS) is 28.7. The summed E-state index contributed by atoms with van der Waals surface area (Å²) in [5.74, 6) is 12.0. The molecule has 4 heteroatoms. The lowest BCUT2D eigenvalue weighted by atomic mass is 9.48. The molecule has 0 aliphatic heterocycles. The molecule has 12 aromatic carbocycles. The Morgan fingerprint density at radius 1 is 0.189 bits per heavy atom. The first kappa shape index (κ1) is 85.8. The van der Waals surface area contributed by atoms with Crippen LogP contribution in [0.15, 0.2) is 206 Å². The predicted octanol–water partition coefficient (Wildman–Crippen LogP) is 37.3. The lowest BCUT2D eigenvalue weighted by Gasteiger charge is -2.57. The van der Waals surface area contributed by atoms with Crippen molar-refractivity contribution in [2.24, 2.45) is 71.0 Å². The number of benzene rings is 12. The van der Waals surface area contributed by atoms with E-state index in [1.165, 1.54) is 299 Å². The summed E-state index contributed by atoms with van der Waals surface area (Å²) >= 11 is 0. The van der Waals surface area contributed by atoms with E-state index in [1.807, 2.05) is 0 Å². The van der Waals surface area contributed by atoms with E-state index < -0.39 is 0 Å². The van der Waals surface area contributed by atoms with Gasteiger partial charge in [0.1, 0.15) is 0 Å². The maximum Gasteiger partial charge on any atom is 0.0561 e. The van der Waals surface area contributed by atoms with Crippen LogP contribution in [-0.2, 0) is 21.7 Å². The zero-order valence-electron chi connectivity index (χ0n) is 82.9. The highest BCUT2D eigenvalue weighted by molar-refractivity contribution is 6.33. The third kappa shape index (κ3) is 14.0. The van der Waals surface area contributed by atoms with Gasteiger partial charge in [0.25, 0.3) is 0 Å². The highest BCUT2D eigenvalue weighted by Crippen LogP contribution is 2.68. The van der Waals surface area contributed by atoms with E-state index in [0.717, 1.165) is 71.0 Å². The van der Waals surface area contributed by atoms with Crippen LogP contribution >= 0.6 is 0 Å². The fourth-order valence-electron chi connectivity index (χ4n) is 34.0. The molecule has 0 unspecified atom stereocenters. The average molecular weight is 1740 g/mol. The first-order chi connectivity index (χ1) is 63.7. The molecule has 16 aliphatic rings. The summed E-state index contributed by atoms with van der Waals surface area (Å²) in [5.41, 5.74) is 33.5. The van der Waals surface area contributed by atoms with Crippen LogP contribution in [0.4, 0.5) is 68.2 Å². The summed E-state index contributed by atoms with van der Waals surface area (Å²) in [6.07, 6.45) is 33.3. The number of rotatable bonds is 24. The van der Waals surface area contributed by atoms with Crippen molar-refractivity contribution >= 4 is 101 Å². The van der Waals surface area contributed by atoms with Crippen molar-refractivity contribution in [3.8, 4) is 0 Å². The zero-order valence-corrected chi connectivity index (χ0v) is 82.9. The molecule has 16 fully saturated rings. The third-order valence-electron chi connectivity index (χ3n) is 38.1. The monoisotopic (exact) mass is 1740 g/mol. The number of para-hydroxylation sites is 4. The Labute approximate surface area is 792 Å². The van der Waals surface area contributed by atoms with Gasteiger partial charge in [0.05, 0.1) is 45.5 Å². The van der Waals surface area contributed by atoms with Crippen LogP contribution in [0.3, 0.4) is 0 Å². The Bertz CT molecular complexity index is 5380. The van der Waals surface area contributed by atoms with Crippen molar-refractivity contribution in [3.05, 3.63) is 273 Å². The van der Waals surface area contributed by atoms with E-state index >= 15 is 0 Å². The lowest BCUT2D eigenvalue weighted by molar-refractivity contribution is -0.00530. The van der Waals surface area contributed by atoms with Gasteiger partial charge in [-0.25, -0.2) is 0 Å². The third-order valence-corrected chi connectivity index (χ3v) is 38.1. The SMILES string of the molecule is CC(C)c1cccc(C(C)C)c1N(c1ccc(C23CC4CC(CC(C4)C2)C3)cc1)c1cc(N(c2ccc(C34CC5CC(CC(C5)C3)C4)cc2)c2c(C(C)C)cccc2C(C)C)c2ccc3c(N(c4ccc(C56CC7CC(CC(C7)C5)C6)cc4)c4c(C(C)C)cccc4C(C)C)cc(N(c4ccc(C56CC7CC(CC(C7)C5)C6)cc4)c4c(C(C)C)cccc4C(C)C)c4ccc1c2c43. The van der Waals surface area contributed by atoms with E-state index in [9.17, 15) is 0 Å². The van der Waals surface area contributed by atoms with Gasteiger partial charge >= 0.3 is 0 Å². The molecule has 0 atom stereocenters. The number of anilines is 12. The highest BCUT2D eigenvalue weighted by atomic mass is 15.2. The number of hydrogen-bond acceptors (Lipinski definition) is 4. The van der Waals surface area contributed by atoms with Gasteiger partial charge in [-0.3, -0.25) is 0 Å². The van der Waals surface area contributed by atoms with E-state index in [2.05, 4.69) is 337 Å². The van der Waals surface area contributed by atoms with Crippen LogP contribution in [0.2, 0.25) is 0 Å². The molecule has 0 amide bonds. The Kier molecular flexibility index (Phi) is 21.0. The van der Waals surface area contributed by atoms with Crippen molar-refractivity contribution in [2.75, 3.05) is 19.6 Å². The van der Waals surface area contributed by atoms with Crippen molar-refractivity contribution in [2.45, 2.75) is 334 Å². The van der Waals surface area contributed by atoms with E-state index in [1.54, 1.807) is 22.3 Å². The van der Waals surface area contributed by atoms with Crippen molar-refractivity contribution in [3.63, 3.8) is 0 Å². The molecule has 0 heterocycles. The van der Waals surface area contributed by atoms with Crippen LogP contribution in [0, 0.1) is 71.0 Å². The van der Waals surface area contributed by atoms with Crippen LogP contribution in [0.5, 0.6) is 0 Å². The summed E-state index contributed by atoms with van der Waals surface area (Å²) in [7, 11) is 0. The minimum absolute atomic E-state index is 0.224. The lowest BCUT2D eigenvalue weighted by Crippen LogP contribution is -2.48. The summed E-state index contributed by atoms with van der Waals surface area (Å²) in [6.45, 7) is 39.5. The Morgan fingerprint density at radius 2 is 0.333 bits per heavy atom. The number of nitrogens with zero attached hydrogens (tertiary/aromatic N) is 4. The predicted molar refractivity (Wildman–Crippen MR) is 561 cm³/mol. The van der Waals surface area contributed by atoms with Crippen LogP contribution in [0.25, 0.3) is 32.3 Å². The van der Waals surface area contributed by atoms with E-state index in [-0.39, 0.29) is 69.0 Å². The fraction of sp³-hybridized carbons (Fsp3) is 0.500. The highest BCUT2D eigenvalue weighted by Gasteiger charge is 2.56. The quantitative estimate of drug-likeness (QED) is 0.0559. The molecule has 0 saturated heterocycles. The van der Waals surface area contributed by atoms with Gasteiger partial charge in [0.15, 0.2) is 0 Å². The van der Waals surface area contributed by atoms with Gasteiger partial charge in [0, 0.05) is 55.1 Å². The van der Waals surface area contributed by atoms with Gasteiger partial charge in [0.2, 0.25) is 0 Å². The standard InChI is InChI=1S/C128H150N4/c1-75(2)103-21-17-22-104(76(3)4)121(103)129(99-37-29-95(30-38-99)125-63-83-49-84(64-125)51-85(50-83)65-125)115-61-116(130(122-105(77(5)6)23-18-24-106(122)78(7)8)100-39-31-96(32-40-100)126-66-86-52-87(67-126)54-88(53-86)68-126)112-47-48-114-118(132(124-109(81(13)14)27-20-28-110(124)82(15)16)102-43-35-98(36-44-102)128-72-92-58-93(73-128)60-94(59-92)74-128)62-117(113-46-45-111(115)119(112)120(113)114)131(123-107(79(9)10)25-19-26-108(123)80(11)12)101-41-33-97(34-42-101)127-69-89-55-90(70-127)57-91(56-89)71-127/h17-48,61-62,75-94H,49-60,63-74H2,1-16H3. The molecule has 28 rings (SSSR count). The van der Waals surface area contributed by atoms with Crippen LogP contribution in [0.1, 0.15) is 379 Å². The zero-order chi connectivity index (χ0) is 90.2. The average Bonchev–Trinajstić information content (AvgIpc) is 0.690. The van der Waals surface area contributed by atoms with Gasteiger partial charge in [-0.05, 0) is 422 Å². The van der Waals surface area contributed by atoms with Gasteiger partial charge in [-0.15, -0.1) is 0 Å². The Hall–Kier alpha value is -9.12. The Morgan fingerprint density at radius 3 is 0.470 bits per heavy atom. The molecule has 0 aromatic heterocycles. The molecule has 132 heavy (non-hydrogen) atoms. The molecule has 4 nitrogen and oxygen atoms in total. The van der Waals surface area contributed by atoms with Gasteiger partial charge in [-0.2, -0.15) is 0 Å². The van der Waals surface area contributed by atoms with Gasteiger partial charge < -0.3 is 19.6 Å². The van der Waals surface area contributed by atoms with Crippen LogP contribution < -0.4 is 19.6 Å². The smallest absolute Gasteiger partial charge is 0.0561 e. The molecule has 12 aromatic rings. The molecular weight excluding hydrogens is 1590 g/mol. The molecule has 682 valence electrons. The van der Waals surface area contributed by atoms with E-state index in [0.29, 0.717) is 0 Å². The maximum atomic E-state index is 2.87. The second kappa shape index (κ2) is 32.3. The topological polar surface area (TPSA) is 13.0 Å². The van der Waals surface area contributed by atoms with Crippen molar-refractivity contribution < 1.29 is 0 Å². The van der Waals surface area contributed by atoms with Crippen molar-refractivity contribution in [1.82, 2.24) is 0 Å². The van der Waals surface area contributed by atoms with E-state index in [4.69, 9.17) is 0 Å². The minimum Gasteiger partial charge on any atom is -0.309 e. The molecular formula is C128H150N4. The first-order valence-corrected chi connectivity index (χ1v) is 53.7. The summed E-state index contributed by atoms with van der Waals surface area (Å²) in [5, 5.41) is 7.76. The first-order valence-electron chi connectivity index (χ1n) is 53.7. The number of hydrogen-bond donors (Lipinski definition) is 0. The molecule has 0 spiro atoms. The maximum absolute atomic E-state index is 2.87.